The number of carbonyl (C=O) groups is 1. The molecule has 5 heteroatoms. The van der Waals surface area contributed by atoms with E-state index in [1.165, 1.54) is 12.1 Å². The molecule has 2 atom stereocenters. The Morgan fingerprint density at radius 1 is 1.43 bits per heavy atom. The first-order valence-corrected chi connectivity index (χ1v) is 8.48. The van der Waals surface area contributed by atoms with Crippen molar-refractivity contribution in [3.05, 3.63) is 29.6 Å². The number of anilines is 1. The molecule has 23 heavy (non-hydrogen) atoms. The molecule has 0 spiro atoms. The van der Waals surface area contributed by atoms with Gasteiger partial charge < -0.3 is 14.4 Å². The van der Waals surface area contributed by atoms with E-state index in [0.717, 1.165) is 44.3 Å². The minimum Gasteiger partial charge on any atom is -0.376 e. The van der Waals surface area contributed by atoms with Crippen molar-refractivity contribution in [3.63, 3.8) is 0 Å². The van der Waals surface area contributed by atoms with Crippen molar-refractivity contribution in [1.82, 2.24) is 0 Å². The summed E-state index contributed by atoms with van der Waals surface area (Å²) in [5.41, 5.74) is 1.71. The maximum atomic E-state index is 13.5. The van der Waals surface area contributed by atoms with E-state index < -0.39 is 6.10 Å². The molecule has 0 saturated carbocycles. The summed E-state index contributed by atoms with van der Waals surface area (Å²) >= 11 is 0. The third-order valence-corrected chi connectivity index (χ3v) is 4.59. The number of halogens is 1. The van der Waals surface area contributed by atoms with E-state index in [4.69, 9.17) is 9.47 Å². The average Bonchev–Trinajstić information content (AvgIpc) is 2.59. The monoisotopic (exact) mass is 321 g/mol. The molecule has 1 fully saturated rings. The highest BCUT2D eigenvalue weighted by molar-refractivity contribution is 5.97. The van der Waals surface area contributed by atoms with Crippen molar-refractivity contribution in [1.29, 1.82) is 0 Å². The van der Waals surface area contributed by atoms with Gasteiger partial charge in [-0.25, -0.2) is 4.39 Å². The molecular formula is C18H24FNO3. The average molecular weight is 321 g/mol. The second-order valence-electron chi connectivity index (χ2n) is 6.33. The van der Waals surface area contributed by atoms with Crippen LogP contribution in [0.5, 0.6) is 0 Å². The number of fused-ring (bicyclic) bond motifs is 1. The topological polar surface area (TPSA) is 38.8 Å². The van der Waals surface area contributed by atoms with Crippen LogP contribution in [0.3, 0.4) is 0 Å². The van der Waals surface area contributed by atoms with Crippen LogP contribution in [0.25, 0.3) is 0 Å². The second-order valence-corrected chi connectivity index (χ2v) is 6.33. The zero-order chi connectivity index (χ0) is 16.2. The van der Waals surface area contributed by atoms with Crippen LogP contribution in [0.2, 0.25) is 0 Å². The lowest BCUT2D eigenvalue weighted by Gasteiger charge is -2.32. The van der Waals surface area contributed by atoms with Gasteiger partial charge in [0.2, 0.25) is 0 Å². The Bertz CT molecular complexity index is 557. The fraction of sp³-hybridized carbons (Fsp3) is 0.611. The Morgan fingerprint density at radius 3 is 3.09 bits per heavy atom. The van der Waals surface area contributed by atoms with Crippen LogP contribution in [0, 0.1) is 5.82 Å². The van der Waals surface area contributed by atoms with E-state index >= 15 is 0 Å². The van der Waals surface area contributed by atoms with Gasteiger partial charge in [-0.2, -0.15) is 0 Å². The van der Waals surface area contributed by atoms with Gasteiger partial charge in [-0.1, -0.05) is 6.07 Å². The third kappa shape index (κ3) is 3.90. The van der Waals surface area contributed by atoms with E-state index in [9.17, 15) is 9.18 Å². The normalized spacial score (nSPS) is 22.5. The Hall–Kier alpha value is -1.46. The minimum absolute atomic E-state index is 0.0880. The van der Waals surface area contributed by atoms with Gasteiger partial charge in [0.1, 0.15) is 11.9 Å². The highest BCUT2D eigenvalue weighted by atomic mass is 19.1. The zero-order valence-corrected chi connectivity index (χ0v) is 13.6. The molecular weight excluding hydrogens is 297 g/mol. The van der Waals surface area contributed by atoms with Gasteiger partial charge in [0, 0.05) is 18.8 Å². The van der Waals surface area contributed by atoms with E-state index in [1.54, 1.807) is 17.9 Å². The lowest BCUT2D eigenvalue weighted by Crippen LogP contribution is -2.43. The summed E-state index contributed by atoms with van der Waals surface area (Å²) in [6.07, 6.45) is 4.54. The molecule has 0 radical (unpaired) electrons. The van der Waals surface area contributed by atoms with Crippen LogP contribution in [0.1, 0.15) is 38.2 Å². The predicted octanol–water partition coefficient (Wildman–Crippen LogP) is 3.08. The predicted molar refractivity (Wildman–Crippen MR) is 86.1 cm³/mol. The molecule has 4 nitrogen and oxygen atoms in total. The first-order valence-electron chi connectivity index (χ1n) is 8.48. The van der Waals surface area contributed by atoms with Crippen molar-refractivity contribution in [3.8, 4) is 0 Å². The molecule has 3 rings (SSSR count). The maximum absolute atomic E-state index is 13.5. The molecule has 1 amide bonds. The van der Waals surface area contributed by atoms with Gasteiger partial charge >= 0.3 is 0 Å². The highest BCUT2D eigenvalue weighted by Crippen LogP contribution is 2.28. The molecule has 0 aliphatic carbocycles. The molecule has 1 saturated heterocycles. The molecule has 0 aromatic heterocycles. The molecule has 2 aliphatic rings. The Labute approximate surface area is 136 Å². The molecule has 0 bridgehead atoms. The van der Waals surface area contributed by atoms with Gasteiger partial charge in [0.25, 0.3) is 5.91 Å². The Kier molecular flexibility index (Phi) is 5.28. The number of hydrogen-bond acceptors (Lipinski definition) is 3. The summed E-state index contributed by atoms with van der Waals surface area (Å²) in [4.78, 5) is 14.3. The van der Waals surface area contributed by atoms with Crippen LogP contribution >= 0.6 is 0 Å². The summed E-state index contributed by atoms with van der Waals surface area (Å²) in [6, 6.07) is 4.67. The number of benzene rings is 1. The number of hydrogen-bond donors (Lipinski definition) is 0. The summed E-state index contributed by atoms with van der Waals surface area (Å²) in [7, 11) is 0. The quantitative estimate of drug-likeness (QED) is 0.855. The van der Waals surface area contributed by atoms with Crippen LogP contribution < -0.4 is 4.90 Å². The first-order chi connectivity index (χ1) is 11.1. The van der Waals surface area contributed by atoms with Gasteiger partial charge in [0.15, 0.2) is 0 Å². The molecule has 0 N–H and O–H groups in total. The SMILES string of the molecule is CC(OCC1CCCCO1)C(=O)N1CCCc2ccc(F)cc21. The van der Waals surface area contributed by atoms with E-state index in [0.29, 0.717) is 18.8 Å². The zero-order valence-electron chi connectivity index (χ0n) is 13.6. The number of ether oxygens (including phenoxy) is 2. The van der Waals surface area contributed by atoms with Gasteiger partial charge in [-0.15, -0.1) is 0 Å². The van der Waals surface area contributed by atoms with Gasteiger partial charge in [0.05, 0.1) is 12.7 Å². The first kappa shape index (κ1) is 16.4. The van der Waals surface area contributed by atoms with Gasteiger partial charge in [-0.05, 0) is 56.7 Å². The second kappa shape index (κ2) is 7.41. The molecule has 2 heterocycles. The summed E-state index contributed by atoms with van der Waals surface area (Å²) < 4.78 is 24.9. The summed E-state index contributed by atoms with van der Waals surface area (Å²) in [5, 5.41) is 0. The van der Waals surface area contributed by atoms with Crippen LogP contribution in [-0.2, 0) is 20.7 Å². The lowest BCUT2D eigenvalue weighted by molar-refractivity contribution is -0.132. The maximum Gasteiger partial charge on any atom is 0.255 e. The largest absolute Gasteiger partial charge is 0.376 e. The van der Waals surface area contributed by atoms with Crippen molar-refractivity contribution in [2.45, 2.75) is 51.2 Å². The fourth-order valence-electron chi connectivity index (χ4n) is 3.26. The molecule has 1 aromatic carbocycles. The standard InChI is InChI=1S/C18H24FNO3/c1-13(23-12-16-6-2-3-10-22-16)18(21)20-9-4-5-14-7-8-15(19)11-17(14)20/h7-8,11,13,16H,2-6,9-10,12H2,1H3. The van der Waals surface area contributed by atoms with Crippen LogP contribution in [0.15, 0.2) is 18.2 Å². The Balaban J connectivity index is 1.62. The lowest BCUT2D eigenvalue weighted by atomic mass is 10.0. The summed E-state index contributed by atoms with van der Waals surface area (Å²) in [5.74, 6) is -0.417. The molecule has 126 valence electrons. The third-order valence-electron chi connectivity index (χ3n) is 4.59. The number of aryl methyl sites for hydroxylation is 1. The minimum atomic E-state index is -0.547. The van der Waals surface area contributed by atoms with Gasteiger partial charge in [-0.3, -0.25) is 4.79 Å². The van der Waals surface area contributed by atoms with Crippen LogP contribution in [-0.4, -0.2) is 37.9 Å². The number of carbonyl (C=O) groups excluding carboxylic acids is 1. The van der Waals surface area contributed by atoms with E-state index in [1.807, 2.05) is 0 Å². The highest BCUT2D eigenvalue weighted by Gasteiger charge is 2.28. The number of amides is 1. The number of nitrogens with zero attached hydrogens (tertiary/aromatic N) is 1. The van der Waals surface area contributed by atoms with Crippen molar-refractivity contribution in [2.24, 2.45) is 0 Å². The Morgan fingerprint density at radius 2 is 2.30 bits per heavy atom. The fourth-order valence-corrected chi connectivity index (χ4v) is 3.26. The van der Waals surface area contributed by atoms with Crippen molar-refractivity contribution in [2.75, 3.05) is 24.7 Å². The number of rotatable bonds is 4. The van der Waals surface area contributed by atoms with E-state index in [-0.39, 0.29) is 17.8 Å². The smallest absolute Gasteiger partial charge is 0.255 e. The van der Waals surface area contributed by atoms with Crippen molar-refractivity contribution < 1.29 is 18.7 Å². The van der Waals surface area contributed by atoms with Crippen LogP contribution in [0.4, 0.5) is 10.1 Å². The van der Waals surface area contributed by atoms with E-state index in [2.05, 4.69) is 0 Å². The van der Waals surface area contributed by atoms with Crippen molar-refractivity contribution >= 4 is 11.6 Å². The molecule has 2 aliphatic heterocycles. The molecule has 1 aromatic rings. The summed E-state index contributed by atoms with van der Waals surface area (Å²) in [6.45, 7) is 3.59. The molecule has 2 unspecified atom stereocenters.